The Morgan fingerprint density at radius 1 is 0.562 bits per heavy atom. The molecule has 0 heterocycles. The van der Waals surface area contributed by atoms with E-state index in [9.17, 15) is 13.6 Å². The lowest BCUT2D eigenvalue weighted by atomic mass is 10.2. The summed E-state index contributed by atoms with van der Waals surface area (Å²) in [4.78, 5) is 12.9. The third kappa shape index (κ3) is 4.03. The highest BCUT2D eigenvalue weighted by molar-refractivity contribution is 7.15. The maximum Gasteiger partial charge on any atom is 0.343 e. The van der Waals surface area contributed by atoms with Crippen LogP contribution in [0.15, 0.2) is 133 Å². The number of carbonyl (C=O) groups is 1. The molecule has 0 aliphatic rings. The number of rotatable bonds is 6. The van der Waals surface area contributed by atoms with E-state index in [1.807, 2.05) is 91.0 Å². The van der Waals surface area contributed by atoms with Crippen molar-refractivity contribution in [3.63, 3.8) is 0 Å². The fourth-order valence-corrected chi connectivity index (χ4v) is 8.33. The molecule has 5 heteroatoms. The molecule has 0 aliphatic carbocycles. The van der Waals surface area contributed by atoms with Crippen molar-refractivity contribution in [2.24, 2.45) is 0 Å². The Labute approximate surface area is 186 Å². The molecule has 0 bridgehead atoms. The summed E-state index contributed by atoms with van der Waals surface area (Å²) in [7, 11) is -3.63. The van der Waals surface area contributed by atoms with Gasteiger partial charge in [0.1, 0.15) is 0 Å². The van der Waals surface area contributed by atoms with Gasteiger partial charge in [0.05, 0.1) is 5.56 Å². The number of halogens is 2. The lowest BCUT2D eigenvalue weighted by Gasteiger charge is -2.34. The van der Waals surface area contributed by atoms with Gasteiger partial charge in [-0.1, -0.05) is 109 Å². The van der Waals surface area contributed by atoms with Crippen LogP contribution in [0.4, 0.5) is 8.78 Å². The van der Waals surface area contributed by atoms with Crippen molar-refractivity contribution in [1.29, 1.82) is 0 Å². The van der Waals surface area contributed by atoms with Crippen LogP contribution < -0.4 is 15.6 Å². The van der Waals surface area contributed by atoms with E-state index in [4.69, 9.17) is 4.74 Å². The molecule has 0 fully saturated rings. The van der Waals surface area contributed by atoms with Crippen LogP contribution >= 0.6 is 0 Å². The number of carbonyl (C=O) groups excluding carboxylic acids is 1. The molecule has 0 spiro atoms. The molecule has 4 aromatic rings. The zero-order valence-electron chi connectivity index (χ0n) is 17.1. The first-order valence-electron chi connectivity index (χ1n) is 10.1. The monoisotopic (exact) mass is 442 g/mol. The Hall–Kier alpha value is -3.83. The fraction of sp³-hybridized carbons (Fsp3) is 0. The lowest BCUT2D eigenvalue weighted by molar-refractivity contribution is 0.0628. The van der Waals surface area contributed by atoms with Gasteiger partial charge in [-0.3, -0.25) is 0 Å². The highest BCUT2D eigenvalue weighted by atomic mass is 28.3. The minimum atomic E-state index is -3.63. The Kier molecular flexibility index (Phi) is 6.38. The molecule has 0 saturated heterocycles. The molecular weight excluding hydrogens is 422 g/mol. The Morgan fingerprint density at radius 2 is 0.906 bits per heavy atom. The molecule has 0 unspecified atom stereocenters. The van der Waals surface area contributed by atoms with Crippen LogP contribution in [0.25, 0.3) is 0 Å². The van der Waals surface area contributed by atoms with Gasteiger partial charge in [0.15, 0.2) is 5.38 Å². The molecule has 0 atom stereocenters. The second-order valence-electron chi connectivity index (χ2n) is 7.19. The zero-order valence-corrected chi connectivity index (χ0v) is 18.1. The van der Waals surface area contributed by atoms with Crippen molar-refractivity contribution in [1.82, 2.24) is 0 Å². The number of esters is 1. The number of hydrogen-bond acceptors (Lipinski definition) is 2. The highest BCUT2D eigenvalue weighted by Crippen LogP contribution is 2.25. The van der Waals surface area contributed by atoms with Gasteiger partial charge in [-0.25, -0.2) is 4.79 Å². The van der Waals surface area contributed by atoms with Crippen LogP contribution in [0.2, 0.25) is 0 Å². The summed E-state index contributed by atoms with van der Waals surface area (Å²) < 4.78 is 35.1. The maximum absolute atomic E-state index is 14.8. The topological polar surface area (TPSA) is 26.3 Å². The highest BCUT2D eigenvalue weighted by Gasteiger charge is 2.48. The summed E-state index contributed by atoms with van der Waals surface area (Å²) in [6.45, 7) is 0. The molecular formula is C27H20F2O2Si. The summed E-state index contributed by atoms with van der Waals surface area (Å²) in [6.07, 6.45) is -2.00. The minimum Gasteiger partial charge on any atom is -0.426 e. The minimum absolute atomic E-state index is 0.211. The van der Waals surface area contributed by atoms with Crippen molar-refractivity contribution in [2.45, 2.75) is 0 Å². The standard InChI is InChI=1S/C27H20F2O2Si/c28-25(29)27(31-26(30)21-13-5-1-6-14-21)32(22-15-7-2-8-16-22,23-17-9-3-10-18-23)24-19-11-4-12-20-24/h1-20H. The first kappa shape index (κ1) is 21.4. The van der Waals surface area contributed by atoms with Gasteiger partial charge in [0, 0.05) is 0 Å². The molecule has 0 amide bonds. The molecule has 4 rings (SSSR count). The first-order chi connectivity index (χ1) is 15.6. The van der Waals surface area contributed by atoms with Gasteiger partial charge in [-0.15, -0.1) is 0 Å². The quantitative estimate of drug-likeness (QED) is 0.188. The molecule has 0 radical (unpaired) electrons. The number of hydrogen-bond donors (Lipinski definition) is 0. The fourth-order valence-electron chi connectivity index (χ4n) is 3.94. The SMILES string of the molecule is O=C(OC(=C(F)F)[Si](c1ccccc1)(c1ccccc1)c1ccccc1)c1ccccc1. The molecule has 2 nitrogen and oxygen atoms in total. The largest absolute Gasteiger partial charge is 0.426 e. The third-order valence-corrected chi connectivity index (χ3v) is 9.91. The van der Waals surface area contributed by atoms with Crippen LogP contribution in [-0.2, 0) is 4.74 Å². The Balaban J connectivity index is 2.01. The molecule has 0 saturated carbocycles. The van der Waals surface area contributed by atoms with E-state index < -0.39 is 25.5 Å². The first-order valence-corrected chi connectivity index (χ1v) is 12.1. The maximum atomic E-state index is 14.8. The van der Waals surface area contributed by atoms with Crippen LogP contribution in [0.5, 0.6) is 0 Å². The van der Waals surface area contributed by atoms with Crippen LogP contribution in [-0.4, -0.2) is 14.0 Å². The van der Waals surface area contributed by atoms with E-state index in [0.717, 1.165) is 0 Å². The second-order valence-corrected chi connectivity index (χ2v) is 10.9. The van der Waals surface area contributed by atoms with E-state index in [2.05, 4.69) is 0 Å². The molecule has 0 N–H and O–H groups in total. The van der Waals surface area contributed by atoms with Crippen molar-refractivity contribution in [2.75, 3.05) is 0 Å². The molecule has 4 aromatic carbocycles. The summed E-state index contributed by atoms with van der Waals surface area (Å²) in [5.74, 6) is -0.812. The smallest absolute Gasteiger partial charge is 0.343 e. The van der Waals surface area contributed by atoms with Crippen molar-refractivity contribution in [3.05, 3.63) is 138 Å². The van der Waals surface area contributed by atoms with Gasteiger partial charge in [-0.2, -0.15) is 8.78 Å². The molecule has 0 aliphatic heterocycles. The predicted molar refractivity (Wildman–Crippen MR) is 125 cm³/mol. The van der Waals surface area contributed by atoms with Crippen LogP contribution in [0, 0.1) is 0 Å². The molecule has 158 valence electrons. The van der Waals surface area contributed by atoms with E-state index in [1.54, 1.807) is 30.3 Å². The third-order valence-electron chi connectivity index (χ3n) is 5.34. The van der Waals surface area contributed by atoms with Gasteiger partial charge < -0.3 is 4.74 Å². The second kappa shape index (κ2) is 9.54. The normalized spacial score (nSPS) is 10.9. The van der Waals surface area contributed by atoms with Gasteiger partial charge in [0.2, 0.25) is 8.07 Å². The average molecular weight is 443 g/mol. The summed E-state index contributed by atoms with van der Waals surface area (Å²) in [5, 5.41) is 1.51. The van der Waals surface area contributed by atoms with Crippen molar-refractivity contribution < 1.29 is 18.3 Å². The summed E-state index contributed by atoms with van der Waals surface area (Å²) in [5.41, 5.74) is 0.211. The number of benzene rings is 4. The summed E-state index contributed by atoms with van der Waals surface area (Å²) >= 11 is 0. The van der Waals surface area contributed by atoms with Crippen LogP contribution in [0.1, 0.15) is 10.4 Å². The Bertz CT molecular complexity index is 1110. The van der Waals surface area contributed by atoms with E-state index in [0.29, 0.717) is 15.6 Å². The molecule has 32 heavy (non-hydrogen) atoms. The predicted octanol–water partition coefficient (Wildman–Crippen LogP) is 4.66. The number of ether oxygens (including phenoxy) is 1. The summed E-state index contributed by atoms with van der Waals surface area (Å²) in [6, 6.07) is 35.5. The zero-order chi connectivity index (χ0) is 22.4. The van der Waals surface area contributed by atoms with Gasteiger partial charge in [0.25, 0.3) is 0 Å². The van der Waals surface area contributed by atoms with Crippen molar-refractivity contribution in [3.8, 4) is 0 Å². The molecule has 0 aromatic heterocycles. The van der Waals surface area contributed by atoms with Gasteiger partial charge in [-0.05, 0) is 27.7 Å². The Morgan fingerprint density at radius 3 is 1.25 bits per heavy atom. The lowest BCUT2D eigenvalue weighted by Crippen LogP contribution is -2.69. The van der Waals surface area contributed by atoms with E-state index >= 15 is 0 Å². The van der Waals surface area contributed by atoms with E-state index in [-0.39, 0.29) is 5.56 Å². The van der Waals surface area contributed by atoms with Gasteiger partial charge >= 0.3 is 12.0 Å². The van der Waals surface area contributed by atoms with Crippen molar-refractivity contribution >= 4 is 29.6 Å². The van der Waals surface area contributed by atoms with Crippen LogP contribution in [0.3, 0.4) is 0 Å². The van der Waals surface area contributed by atoms with E-state index in [1.165, 1.54) is 0 Å². The average Bonchev–Trinajstić information content (AvgIpc) is 2.86.